The molecular formula is C18H29N3O3S2. The lowest BCUT2D eigenvalue weighted by atomic mass is 9.85. The van der Waals surface area contributed by atoms with E-state index >= 15 is 0 Å². The largest absolute Gasteiger partial charge is 0.340 e. The van der Waals surface area contributed by atoms with E-state index in [0.29, 0.717) is 17.3 Å². The lowest BCUT2D eigenvalue weighted by molar-refractivity contribution is -0.139. The van der Waals surface area contributed by atoms with Crippen LogP contribution >= 0.6 is 11.3 Å². The Bertz CT molecular complexity index is 689. The zero-order chi connectivity index (χ0) is 18.7. The Balaban J connectivity index is 1.54. The standard InChI is InChI=1S/C18H29N3O3S2/c1-3-19-10-12-20(13-11-19)18(22)15(2)16-6-8-21(9-7-16)26(23,24)17-5-4-14-25-17/h4-5,14-16H,3,6-13H2,1-2H3/t15-/m1/s1. The highest BCUT2D eigenvalue weighted by Crippen LogP contribution is 2.30. The summed E-state index contributed by atoms with van der Waals surface area (Å²) in [5.74, 6) is 0.469. The van der Waals surface area contributed by atoms with Gasteiger partial charge in [0.25, 0.3) is 10.0 Å². The van der Waals surface area contributed by atoms with Gasteiger partial charge >= 0.3 is 0 Å². The van der Waals surface area contributed by atoms with E-state index in [1.807, 2.05) is 11.8 Å². The number of likely N-dealkylation sites (N-methyl/N-ethyl adjacent to an activating group) is 1. The molecule has 26 heavy (non-hydrogen) atoms. The van der Waals surface area contributed by atoms with E-state index in [-0.39, 0.29) is 17.7 Å². The highest BCUT2D eigenvalue weighted by Gasteiger charge is 2.35. The van der Waals surface area contributed by atoms with Gasteiger partial charge in [-0.15, -0.1) is 11.3 Å². The maximum Gasteiger partial charge on any atom is 0.252 e. The summed E-state index contributed by atoms with van der Waals surface area (Å²) in [4.78, 5) is 17.2. The summed E-state index contributed by atoms with van der Waals surface area (Å²) >= 11 is 1.26. The molecule has 2 saturated heterocycles. The van der Waals surface area contributed by atoms with Crippen LogP contribution in [0.25, 0.3) is 0 Å². The maximum absolute atomic E-state index is 12.8. The van der Waals surface area contributed by atoms with E-state index in [1.54, 1.807) is 21.8 Å². The number of carbonyl (C=O) groups excluding carboxylic acids is 1. The van der Waals surface area contributed by atoms with Crippen LogP contribution in [0.1, 0.15) is 26.7 Å². The van der Waals surface area contributed by atoms with Crippen LogP contribution in [0.15, 0.2) is 21.7 Å². The molecule has 1 aromatic heterocycles. The number of sulfonamides is 1. The van der Waals surface area contributed by atoms with Crippen molar-refractivity contribution >= 4 is 27.3 Å². The summed E-state index contributed by atoms with van der Waals surface area (Å²) in [7, 11) is -3.37. The molecule has 3 rings (SSSR count). The molecule has 2 fully saturated rings. The summed E-state index contributed by atoms with van der Waals surface area (Å²) in [6.07, 6.45) is 1.51. The third-order valence-electron chi connectivity index (χ3n) is 5.82. The van der Waals surface area contributed by atoms with Crippen LogP contribution in [0.2, 0.25) is 0 Å². The Morgan fingerprint density at radius 1 is 1.19 bits per heavy atom. The van der Waals surface area contributed by atoms with Gasteiger partial charge in [0.15, 0.2) is 0 Å². The van der Waals surface area contributed by atoms with E-state index < -0.39 is 10.0 Å². The average molecular weight is 400 g/mol. The van der Waals surface area contributed by atoms with Gasteiger partial charge in [0, 0.05) is 45.2 Å². The van der Waals surface area contributed by atoms with Crippen molar-refractivity contribution in [2.24, 2.45) is 11.8 Å². The van der Waals surface area contributed by atoms with Gasteiger partial charge < -0.3 is 9.80 Å². The van der Waals surface area contributed by atoms with Crippen molar-refractivity contribution in [2.45, 2.75) is 30.9 Å². The number of carbonyl (C=O) groups is 1. The first-order valence-corrected chi connectivity index (χ1v) is 11.8. The predicted molar refractivity (Wildman–Crippen MR) is 104 cm³/mol. The number of amides is 1. The van der Waals surface area contributed by atoms with Crippen molar-refractivity contribution in [2.75, 3.05) is 45.8 Å². The molecule has 1 amide bonds. The molecule has 0 aromatic carbocycles. The molecule has 3 heterocycles. The lowest BCUT2D eigenvalue weighted by Gasteiger charge is -2.38. The fourth-order valence-corrected chi connectivity index (χ4v) is 6.54. The first-order valence-electron chi connectivity index (χ1n) is 9.48. The van der Waals surface area contributed by atoms with Crippen molar-refractivity contribution in [3.63, 3.8) is 0 Å². The van der Waals surface area contributed by atoms with Gasteiger partial charge in [-0.05, 0) is 36.8 Å². The van der Waals surface area contributed by atoms with Gasteiger partial charge in [-0.1, -0.05) is 19.9 Å². The second kappa shape index (κ2) is 8.37. The van der Waals surface area contributed by atoms with Gasteiger partial charge in [0.1, 0.15) is 4.21 Å². The number of piperazine rings is 1. The monoisotopic (exact) mass is 399 g/mol. The Morgan fingerprint density at radius 3 is 2.38 bits per heavy atom. The van der Waals surface area contributed by atoms with Crippen molar-refractivity contribution in [1.82, 2.24) is 14.1 Å². The second-order valence-electron chi connectivity index (χ2n) is 7.22. The molecule has 0 radical (unpaired) electrons. The molecule has 0 aliphatic carbocycles. The minimum atomic E-state index is -3.37. The molecule has 0 N–H and O–H groups in total. The van der Waals surface area contributed by atoms with Crippen LogP contribution in [0.4, 0.5) is 0 Å². The van der Waals surface area contributed by atoms with E-state index in [0.717, 1.165) is 45.6 Å². The number of thiophene rings is 1. The molecule has 0 spiro atoms. The number of rotatable bonds is 5. The number of nitrogens with zero attached hydrogens (tertiary/aromatic N) is 3. The van der Waals surface area contributed by atoms with Crippen molar-refractivity contribution < 1.29 is 13.2 Å². The lowest BCUT2D eigenvalue weighted by Crippen LogP contribution is -2.51. The van der Waals surface area contributed by atoms with Crippen molar-refractivity contribution in [3.05, 3.63) is 17.5 Å². The highest BCUT2D eigenvalue weighted by atomic mass is 32.2. The summed E-state index contributed by atoms with van der Waals surface area (Å²) in [5.41, 5.74) is 0. The zero-order valence-corrected chi connectivity index (χ0v) is 17.3. The summed E-state index contributed by atoms with van der Waals surface area (Å²) in [5, 5.41) is 1.79. The fourth-order valence-electron chi connectivity index (χ4n) is 3.93. The SMILES string of the molecule is CCN1CCN(C(=O)[C@H](C)C2CCN(S(=O)(=O)c3cccs3)CC2)CC1. The molecule has 2 aliphatic heterocycles. The number of piperidine rings is 1. The molecule has 0 saturated carbocycles. The van der Waals surface area contributed by atoms with Crippen LogP contribution in [-0.2, 0) is 14.8 Å². The number of hydrogen-bond acceptors (Lipinski definition) is 5. The molecule has 2 aliphatic rings. The molecule has 146 valence electrons. The zero-order valence-electron chi connectivity index (χ0n) is 15.6. The Hall–Kier alpha value is -0.960. The van der Waals surface area contributed by atoms with E-state index in [4.69, 9.17) is 0 Å². The first kappa shape index (κ1) is 19.8. The van der Waals surface area contributed by atoms with Gasteiger partial charge in [0.05, 0.1) is 0 Å². The normalized spacial score (nSPS) is 22.5. The fraction of sp³-hybridized carbons (Fsp3) is 0.722. The van der Waals surface area contributed by atoms with Crippen LogP contribution in [-0.4, -0.2) is 74.2 Å². The van der Waals surface area contributed by atoms with Crippen LogP contribution in [0, 0.1) is 11.8 Å². The molecular weight excluding hydrogens is 370 g/mol. The molecule has 1 aromatic rings. The molecule has 1 atom stereocenters. The molecule has 0 bridgehead atoms. The topological polar surface area (TPSA) is 60.9 Å². The molecule has 6 nitrogen and oxygen atoms in total. The third kappa shape index (κ3) is 4.13. The minimum absolute atomic E-state index is 0.0326. The third-order valence-corrected chi connectivity index (χ3v) is 9.09. The Morgan fingerprint density at radius 2 is 1.85 bits per heavy atom. The maximum atomic E-state index is 12.8. The van der Waals surface area contributed by atoms with E-state index in [1.165, 1.54) is 11.3 Å². The summed E-state index contributed by atoms with van der Waals surface area (Å²) < 4.78 is 27.2. The van der Waals surface area contributed by atoms with Gasteiger partial charge in [-0.3, -0.25) is 4.79 Å². The smallest absolute Gasteiger partial charge is 0.252 e. The minimum Gasteiger partial charge on any atom is -0.340 e. The summed E-state index contributed by atoms with van der Waals surface area (Å²) in [6, 6.07) is 3.43. The van der Waals surface area contributed by atoms with Crippen molar-refractivity contribution in [1.29, 1.82) is 0 Å². The van der Waals surface area contributed by atoms with Gasteiger partial charge in [0.2, 0.25) is 5.91 Å². The van der Waals surface area contributed by atoms with Crippen LogP contribution in [0.5, 0.6) is 0 Å². The van der Waals surface area contributed by atoms with Crippen molar-refractivity contribution in [3.8, 4) is 0 Å². The van der Waals surface area contributed by atoms with E-state index in [9.17, 15) is 13.2 Å². The second-order valence-corrected chi connectivity index (χ2v) is 10.3. The van der Waals surface area contributed by atoms with Gasteiger partial charge in [-0.2, -0.15) is 4.31 Å². The Labute approximate surface area is 160 Å². The highest BCUT2D eigenvalue weighted by molar-refractivity contribution is 7.91. The van der Waals surface area contributed by atoms with E-state index in [2.05, 4.69) is 11.8 Å². The summed E-state index contributed by atoms with van der Waals surface area (Å²) in [6.45, 7) is 9.73. The predicted octanol–water partition coefficient (Wildman–Crippen LogP) is 1.95. The number of hydrogen-bond donors (Lipinski definition) is 0. The molecule has 8 heteroatoms. The van der Waals surface area contributed by atoms with Crippen LogP contribution in [0.3, 0.4) is 0 Å². The average Bonchev–Trinajstić information content (AvgIpc) is 3.23. The quantitative estimate of drug-likeness (QED) is 0.759. The first-order chi connectivity index (χ1) is 12.4. The molecule has 0 unspecified atom stereocenters. The Kier molecular flexibility index (Phi) is 6.37. The van der Waals surface area contributed by atoms with Gasteiger partial charge in [-0.25, -0.2) is 8.42 Å². The van der Waals surface area contributed by atoms with Crippen LogP contribution < -0.4 is 0 Å².